The van der Waals surface area contributed by atoms with E-state index in [4.69, 9.17) is 5.26 Å². The van der Waals surface area contributed by atoms with Crippen LogP contribution in [0.25, 0.3) is 22.0 Å². The van der Waals surface area contributed by atoms with Crippen molar-refractivity contribution in [3.05, 3.63) is 52.9 Å². The van der Waals surface area contributed by atoms with Crippen LogP contribution in [0.1, 0.15) is 5.56 Å². The summed E-state index contributed by atoms with van der Waals surface area (Å²) in [5.74, 6) is 0. The van der Waals surface area contributed by atoms with Crippen molar-refractivity contribution in [1.29, 1.82) is 5.26 Å². The summed E-state index contributed by atoms with van der Waals surface area (Å²) >= 11 is 1.45. The third-order valence-electron chi connectivity index (χ3n) is 2.71. The average Bonchev–Trinajstić information content (AvgIpc) is 2.91. The molecular weight excluding hydrogens is 228 g/mol. The lowest BCUT2D eigenvalue weighted by Crippen LogP contribution is -1.84. The van der Waals surface area contributed by atoms with Gasteiger partial charge in [0.15, 0.2) is 5.51 Å². The number of rotatable bonds is 1. The maximum atomic E-state index is 9.09. The van der Waals surface area contributed by atoms with Crippen LogP contribution in [-0.4, -0.2) is 4.98 Å². The highest BCUT2D eigenvalue weighted by Gasteiger charge is 2.08. The molecule has 0 aliphatic heterocycles. The molecule has 0 aliphatic rings. The van der Waals surface area contributed by atoms with Gasteiger partial charge in [-0.3, -0.25) is 0 Å². The summed E-state index contributed by atoms with van der Waals surface area (Å²) in [5, 5.41) is 13.1. The van der Waals surface area contributed by atoms with Crippen molar-refractivity contribution in [3.63, 3.8) is 0 Å². The first-order valence-corrected chi connectivity index (χ1v) is 6.02. The Kier molecular flexibility index (Phi) is 2.36. The van der Waals surface area contributed by atoms with E-state index in [1.807, 2.05) is 41.8 Å². The number of hydrogen-bond donors (Lipinski definition) is 0. The number of fused-ring (bicyclic) bond motifs is 1. The second-order valence-corrected chi connectivity index (χ2v) is 4.30. The van der Waals surface area contributed by atoms with Gasteiger partial charge in [-0.15, -0.1) is 11.3 Å². The van der Waals surface area contributed by atoms with Gasteiger partial charge in [-0.1, -0.05) is 30.3 Å². The van der Waals surface area contributed by atoms with Gasteiger partial charge in [0.1, 0.15) is 0 Å². The summed E-state index contributed by atoms with van der Waals surface area (Å²) in [6.45, 7) is 0. The molecule has 3 aromatic rings. The third-order valence-corrected chi connectivity index (χ3v) is 3.25. The first kappa shape index (κ1) is 10.0. The smallest absolute Gasteiger partial charge is 0.152 e. The fraction of sp³-hybridized carbons (Fsp3) is 0. The largest absolute Gasteiger partial charge is 0.233 e. The first-order valence-electron chi connectivity index (χ1n) is 5.14. The number of thiazole rings is 1. The number of aromatic nitrogens is 1. The Labute approximate surface area is 103 Å². The van der Waals surface area contributed by atoms with Gasteiger partial charge in [0.2, 0.25) is 0 Å². The highest BCUT2D eigenvalue weighted by Crippen LogP contribution is 2.30. The molecule has 79 valence electrons. The normalized spacial score (nSPS) is 10.3. The van der Waals surface area contributed by atoms with Crippen LogP contribution >= 0.6 is 11.3 Å². The summed E-state index contributed by atoms with van der Waals surface area (Å²) in [4.78, 5) is 4.20. The van der Waals surface area contributed by atoms with Crippen molar-refractivity contribution in [1.82, 2.24) is 4.98 Å². The standard InChI is InChI=1S/C14H7N2S/c15-7-10-5-6-13(14-8-17-9-16-14)12-4-2-1-3-11(10)12/h1-6,8H. The third kappa shape index (κ3) is 1.59. The molecule has 17 heavy (non-hydrogen) atoms. The number of hydrogen-bond acceptors (Lipinski definition) is 3. The molecule has 0 aliphatic carbocycles. The van der Waals surface area contributed by atoms with E-state index in [9.17, 15) is 0 Å². The molecule has 0 amide bonds. The maximum Gasteiger partial charge on any atom is 0.152 e. The number of nitriles is 1. The van der Waals surface area contributed by atoms with Crippen molar-refractivity contribution in [3.8, 4) is 17.3 Å². The fourth-order valence-electron chi connectivity index (χ4n) is 1.93. The lowest BCUT2D eigenvalue weighted by molar-refractivity contribution is 1.40. The average molecular weight is 235 g/mol. The second-order valence-electron chi connectivity index (χ2n) is 3.64. The molecular formula is C14H7N2S. The molecule has 0 atom stereocenters. The van der Waals surface area contributed by atoms with Crippen LogP contribution in [0.5, 0.6) is 0 Å². The van der Waals surface area contributed by atoms with Crippen molar-refractivity contribution in [2.24, 2.45) is 0 Å². The quantitative estimate of drug-likeness (QED) is 0.645. The minimum atomic E-state index is 0.698. The summed E-state index contributed by atoms with van der Waals surface area (Å²) in [6, 6.07) is 13.9. The SMILES string of the molecule is N#Cc1ccc(-c2cs[c]n2)c2ccccc12. The molecule has 0 unspecified atom stereocenters. The molecule has 0 saturated carbocycles. The van der Waals surface area contributed by atoms with Gasteiger partial charge in [-0.05, 0) is 11.5 Å². The van der Waals surface area contributed by atoms with Gasteiger partial charge < -0.3 is 0 Å². The van der Waals surface area contributed by atoms with E-state index in [0.717, 1.165) is 22.0 Å². The Hall–Kier alpha value is -2.18. The van der Waals surface area contributed by atoms with Crippen LogP contribution in [0, 0.1) is 16.8 Å². The molecule has 3 rings (SSSR count). The zero-order valence-corrected chi connectivity index (χ0v) is 9.66. The minimum absolute atomic E-state index is 0.698. The Bertz CT molecular complexity index is 709. The van der Waals surface area contributed by atoms with E-state index in [2.05, 4.69) is 16.6 Å². The van der Waals surface area contributed by atoms with E-state index < -0.39 is 0 Å². The van der Waals surface area contributed by atoms with E-state index >= 15 is 0 Å². The molecule has 1 radical (unpaired) electrons. The van der Waals surface area contributed by atoms with Gasteiger partial charge in [0.05, 0.1) is 17.3 Å². The predicted octanol–water partition coefficient (Wildman–Crippen LogP) is 3.64. The summed E-state index contributed by atoms with van der Waals surface area (Å²) in [7, 11) is 0. The molecule has 1 aromatic heterocycles. The van der Waals surface area contributed by atoms with Gasteiger partial charge >= 0.3 is 0 Å². The molecule has 2 aromatic carbocycles. The lowest BCUT2D eigenvalue weighted by atomic mass is 9.99. The van der Waals surface area contributed by atoms with Gasteiger partial charge in [-0.25, -0.2) is 4.98 Å². The Balaban J connectivity index is 2.40. The summed E-state index contributed by atoms with van der Waals surface area (Å²) in [5.41, 5.74) is 5.51. The van der Waals surface area contributed by atoms with E-state index in [-0.39, 0.29) is 0 Å². The van der Waals surface area contributed by atoms with Crippen molar-refractivity contribution in [2.45, 2.75) is 0 Å². The second kappa shape index (κ2) is 4.00. The number of nitrogens with zero attached hydrogens (tertiary/aromatic N) is 2. The monoisotopic (exact) mass is 235 g/mol. The fourth-order valence-corrected chi connectivity index (χ4v) is 2.42. The molecule has 2 nitrogen and oxygen atoms in total. The van der Waals surface area contributed by atoms with Crippen molar-refractivity contribution in [2.75, 3.05) is 0 Å². The highest BCUT2D eigenvalue weighted by atomic mass is 32.1. The van der Waals surface area contributed by atoms with Gasteiger partial charge in [-0.2, -0.15) is 5.26 Å². The zero-order chi connectivity index (χ0) is 11.7. The zero-order valence-electron chi connectivity index (χ0n) is 8.84. The minimum Gasteiger partial charge on any atom is -0.233 e. The Morgan fingerprint density at radius 2 is 1.94 bits per heavy atom. The topological polar surface area (TPSA) is 36.7 Å². The summed E-state index contributed by atoms with van der Waals surface area (Å²) < 4.78 is 0. The van der Waals surface area contributed by atoms with Crippen LogP contribution in [0.3, 0.4) is 0 Å². The Morgan fingerprint density at radius 3 is 2.65 bits per heavy atom. The molecule has 0 bridgehead atoms. The molecule has 0 N–H and O–H groups in total. The van der Waals surface area contributed by atoms with Crippen LogP contribution in [0.2, 0.25) is 0 Å². The molecule has 0 saturated heterocycles. The lowest BCUT2D eigenvalue weighted by Gasteiger charge is -2.05. The van der Waals surface area contributed by atoms with E-state index in [1.54, 1.807) is 0 Å². The molecule has 0 spiro atoms. The van der Waals surface area contributed by atoms with Crippen LogP contribution in [0.15, 0.2) is 41.8 Å². The van der Waals surface area contributed by atoms with E-state index in [0.29, 0.717) is 5.56 Å². The van der Waals surface area contributed by atoms with E-state index in [1.165, 1.54) is 11.3 Å². The Morgan fingerprint density at radius 1 is 1.12 bits per heavy atom. The maximum absolute atomic E-state index is 9.09. The van der Waals surface area contributed by atoms with Crippen LogP contribution in [0.4, 0.5) is 0 Å². The van der Waals surface area contributed by atoms with Gasteiger partial charge in [0.25, 0.3) is 0 Å². The molecule has 1 heterocycles. The van der Waals surface area contributed by atoms with Crippen molar-refractivity contribution < 1.29 is 0 Å². The highest BCUT2D eigenvalue weighted by molar-refractivity contribution is 7.07. The summed E-state index contributed by atoms with van der Waals surface area (Å²) in [6.07, 6.45) is 0. The van der Waals surface area contributed by atoms with Crippen molar-refractivity contribution >= 4 is 22.1 Å². The predicted molar refractivity (Wildman–Crippen MR) is 68.6 cm³/mol. The van der Waals surface area contributed by atoms with Crippen LogP contribution in [-0.2, 0) is 0 Å². The number of benzene rings is 2. The molecule has 3 heteroatoms. The van der Waals surface area contributed by atoms with Gasteiger partial charge in [0, 0.05) is 16.3 Å². The molecule has 0 fully saturated rings. The first-order chi connectivity index (χ1) is 8.40. The van der Waals surface area contributed by atoms with Crippen LogP contribution < -0.4 is 0 Å².